The minimum atomic E-state index is -1.18. The molecule has 2 aromatic heterocycles. The van der Waals surface area contributed by atoms with Gasteiger partial charge in [0.05, 0.1) is 16.5 Å². The molecule has 1 aliphatic rings. The van der Waals surface area contributed by atoms with Crippen LogP contribution in [-0.4, -0.2) is 48.0 Å². The molecule has 1 amide bonds. The molecule has 0 bridgehead atoms. The van der Waals surface area contributed by atoms with E-state index in [1.54, 1.807) is 4.90 Å². The first-order chi connectivity index (χ1) is 14.9. The van der Waals surface area contributed by atoms with E-state index in [0.29, 0.717) is 4.70 Å². The molecule has 10 heteroatoms. The number of anilines is 1. The fraction of sp³-hybridized carbons (Fsp3) is 0.381. The molecule has 2 heterocycles. The van der Waals surface area contributed by atoms with Crippen LogP contribution in [0.1, 0.15) is 41.8 Å². The largest absolute Gasteiger partial charge is 0.479 e. The fourth-order valence-electron chi connectivity index (χ4n) is 4.02. The van der Waals surface area contributed by atoms with E-state index in [4.69, 9.17) is 14.6 Å². The first-order valence-corrected chi connectivity index (χ1v) is 11.5. The third-order valence-electron chi connectivity index (χ3n) is 5.37. The van der Waals surface area contributed by atoms with Gasteiger partial charge < -0.3 is 19.7 Å². The number of carboxylic acids is 2. The number of thiophene rings is 2. The maximum atomic E-state index is 12.6. The lowest BCUT2D eigenvalue weighted by molar-refractivity contribution is -0.139. The Hall–Kier alpha value is -2.85. The average Bonchev–Trinajstić information content (AvgIpc) is 3.28. The Morgan fingerprint density at radius 2 is 1.84 bits per heavy atom. The molecule has 0 unspecified atom stereocenters. The second-order valence-electron chi connectivity index (χ2n) is 7.32. The SMILES string of the molecule is COC(=O)N(c1ccc2c(c1)sc1c(OCC(=O)O)c(C(=O)O)sc12)C1CCCCC1. The van der Waals surface area contributed by atoms with Crippen molar-refractivity contribution < 1.29 is 34.1 Å². The van der Waals surface area contributed by atoms with Crippen LogP contribution in [0.3, 0.4) is 0 Å². The van der Waals surface area contributed by atoms with Crippen LogP contribution in [0.25, 0.3) is 19.5 Å². The molecule has 0 saturated heterocycles. The Bertz CT molecular complexity index is 1160. The van der Waals surface area contributed by atoms with Gasteiger partial charge in [-0.05, 0) is 25.0 Å². The summed E-state index contributed by atoms with van der Waals surface area (Å²) in [4.78, 5) is 36.8. The summed E-state index contributed by atoms with van der Waals surface area (Å²) < 4.78 is 12.6. The van der Waals surface area contributed by atoms with Crippen molar-refractivity contribution in [3.63, 3.8) is 0 Å². The molecular formula is C21H21NO7S2. The van der Waals surface area contributed by atoms with Crippen molar-refractivity contribution in [3.05, 3.63) is 23.1 Å². The van der Waals surface area contributed by atoms with Gasteiger partial charge in [-0.25, -0.2) is 14.4 Å². The highest BCUT2D eigenvalue weighted by molar-refractivity contribution is 7.34. The van der Waals surface area contributed by atoms with E-state index in [9.17, 15) is 19.5 Å². The molecule has 4 rings (SSSR count). The second kappa shape index (κ2) is 8.72. The molecule has 1 saturated carbocycles. The standard InChI is InChI=1S/C21H21NO7S2/c1-28-21(27)22(11-5-3-2-4-6-11)12-7-8-13-14(9-12)30-18-16(29-10-15(23)24)19(20(25)26)31-17(13)18/h7-9,11H,2-6,10H2,1H3,(H,23,24)(H,25,26). The Morgan fingerprint density at radius 3 is 2.48 bits per heavy atom. The summed E-state index contributed by atoms with van der Waals surface area (Å²) in [6.45, 7) is -0.622. The van der Waals surface area contributed by atoms with Crippen molar-refractivity contribution in [2.24, 2.45) is 0 Å². The van der Waals surface area contributed by atoms with Gasteiger partial charge in [0.15, 0.2) is 17.2 Å². The lowest BCUT2D eigenvalue weighted by Gasteiger charge is -2.33. The van der Waals surface area contributed by atoms with Gasteiger partial charge in [0.25, 0.3) is 0 Å². The molecule has 8 nitrogen and oxygen atoms in total. The van der Waals surface area contributed by atoms with Crippen LogP contribution in [0.5, 0.6) is 5.75 Å². The summed E-state index contributed by atoms with van der Waals surface area (Å²) in [5.74, 6) is -2.26. The average molecular weight is 464 g/mol. The van der Waals surface area contributed by atoms with Crippen LogP contribution < -0.4 is 9.64 Å². The van der Waals surface area contributed by atoms with Crippen LogP contribution >= 0.6 is 22.7 Å². The molecule has 1 fully saturated rings. The zero-order valence-electron chi connectivity index (χ0n) is 16.8. The number of rotatable bonds is 6. The monoisotopic (exact) mass is 463 g/mol. The zero-order valence-corrected chi connectivity index (χ0v) is 18.4. The second-order valence-corrected chi connectivity index (χ2v) is 9.39. The number of aromatic carboxylic acids is 1. The molecule has 1 aromatic carbocycles. The smallest absolute Gasteiger partial charge is 0.414 e. The number of benzene rings is 1. The minimum absolute atomic E-state index is 0.0214. The van der Waals surface area contributed by atoms with Crippen molar-refractivity contribution in [3.8, 4) is 5.75 Å². The first kappa shape index (κ1) is 21.4. The van der Waals surface area contributed by atoms with Gasteiger partial charge >= 0.3 is 18.0 Å². The quantitative estimate of drug-likeness (QED) is 0.517. The third-order valence-corrected chi connectivity index (χ3v) is 7.84. The maximum absolute atomic E-state index is 12.6. The minimum Gasteiger partial charge on any atom is -0.479 e. The van der Waals surface area contributed by atoms with Gasteiger partial charge in [-0.15, -0.1) is 22.7 Å². The lowest BCUT2D eigenvalue weighted by Crippen LogP contribution is -2.41. The Labute approximate surface area is 185 Å². The molecule has 31 heavy (non-hydrogen) atoms. The van der Waals surface area contributed by atoms with Gasteiger partial charge in [0, 0.05) is 21.8 Å². The molecule has 2 N–H and O–H groups in total. The number of nitrogens with zero attached hydrogens (tertiary/aromatic N) is 1. The highest BCUT2D eigenvalue weighted by Crippen LogP contribution is 2.48. The van der Waals surface area contributed by atoms with E-state index in [1.165, 1.54) is 18.4 Å². The lowest BCUT2D eigenvalue weighted by atomic mass is 9.94. The number of carboxylic acid groups (broad SMARTS) is 2. The number of fused-ring (bicyclic) bond motifs is 3. The van der Waals surface area contributed by atoms with E-state index in [0.717, 1.165) is 63.9 Å². The molecule has 3 aromatic rings. The molecule has 164 valence electrons. The van der Waals surface area contributed by atoms with Crippen molar-refractivity contribution >= 4 is 65.9 Å². The van der Waals surface area contributed by atoms with E-state index in [-0.39, 0.29) is 16.7 Å². The topological polar surface area (TPSA) is 113 Å². The van der Waals surface area contributed by atoms with Gasteiger partial charge in [0.1, 0.15) is 0 Å². The summed E-state index contributed by atoms with van der Waals surface area (Å²) >= 11 is 2.39. The normalized spacial score (nSPS) is 14.6. The van der Waals surface area contributed by atoms with Crippen LogP contribution in [0.15, 0.2) is 18.2 Å². The highest BCUT2D eigenvalue weighted by Gasteiger charge is 2.29. The predicted molar refractivity (Wildman–Crippen MR) is 119 cm³/mol. The predicted octanol–water partition coefficient (Wildman–Crippen LogP) is 5.18. The van der Waals surface area contributed by atoms with E-state index >= 15 is 0 Å². The number of methoxy groups -OCH3 is 1. The fourth-order valence-corrected chi connectivity index (χ4v) is 6.56. The van der Waals surface area contributed by atoms with Crippen molar-refractivity contribution in [1.82, 2.24) is 0 Å². The maximum Gasteiger partial charge on any atom is 0.414 e. The van der Waals surface area contributed by atoms with Crippen LogP contribution in [0.4, 0.5) is 10.5 Å². The van der Waals surface area contributed by atoms with Gasteiger partial charge in [0.2, 0.25) is 0 Å². The summed E-state index contributed by atoms with van der Waals surface area (Å²) in [6, 6.07) is 5.69. The number of hydrogen-bond acceptors (Lipinski definition) is 7. The number of hydrogen-bond donors (Lipinski definition) is 2. The number of carbonyl (C=O) groups is 3. The van der Waals surface area contributed by atoms with Gasteiger partial charge in [-0.2, -0.15) is 0 Å². The van der Waals surface area contributed by atoms with Crippen molar-refractivity contribution in [2.75, 3.05) is 18.6 Å². The summed E-state index contributed by atoms with van der Waals surface area (Å²) in [6.07, 6.45) is 4.73. The Kier molecular flexibility index (Phi) is 6.01. The Balaban J connectivity index is 1.79. The molecule has 1 aliphatic carbocycles. The zero-order chi connectivity index (χ0) is 22.1. The van der Waals surface area contributed by atoms with Crippen molar-refractivity contribution in [1.29, 1.82) is 0 Å². The molecule has 0 atom stereocenters. The van der Waals surface area contributed by atoms with Crippen LogP contribution in [-0.2, 0) is 9.53 Å². The van der Waals surface area contributed by atoms with Crippen molar-refractivity contribution in [2.45, 2.75) is 38.1 Å². The van der Waals surface area contributed by atoms with E-state index in [1.807, 2.05) is 18.2 Å². The van der Waals surface area contributed by atoms with Gasteiger partial charge in [-0.1, -0.05) is 25.3 Å². The molecule has 0 spiro atoms. The molecule has 0 radical (unpaired) electrons. The Morgan fingerprint density at radius 1 is 1.10 bits per heavy atom. The number of carbonyl (C=O) groups excluding carboxylic acids is 1. The summed E-state index contributed by atoms with van der Waals surface area (Å²) in [5.41, 5.74) is 0.728. The van der Waals surface area contributed by atoms with E-state index in [2.05, 4.69) is 0 Å². The molecule has 0 aliphatic heterocycles. The number of amides is 1. The third kappa shape index (κ3) is 4.05. The highest BCUT2D eigenvalue weighted by atomic mass is 32.1. The first-order valence-electron chi connectivity index (χ1n) is 9.84. The van der Waals surface area contributed by atoms with E-state index < -0.39 is 24.6 Å². The summed E-state index contributed by atoms with van der Waals surface area (Å²) in [7, 11) is 1.37. The van der Waals surface area contributed by atoms with Crippen LogP contribution in [0, 0.1) is 0 Å². The molecular weight excluding hydrogens is 442 g/mol. The number of aliphatic carboxylic acids is 1. The van der Waals surface area contributed by atoms with Gasteiger partial charge in [-0.3, -0.25) is 4.90 Å². The number of ether oxygens (including phenoxy) is 2. The summed E-state index contributed by atoms with van der Waals surface area (Å²) in [5, 5.41) is 19.3. The van der Waals surface area contributed by atoms with Crippen LogP contribution in [0.2, 0.25) is 0 Å².